The molecule has 0 amide bonds. The van der Waals surface area contributed by atoms with Crippen molar-refractivity contribution < 1.29 is 9.15 Å². The summed E-state index contributed by atoms with van der Waals surface area (Å²) in [5, 5.41) is 10.4. The van der Waals surface area contributed by atoms with Crippen molar-refractivity contribution in [3.63, 3.8) is 0 Å². The van der Waals surface area contributed by atoms with E-state index in [0.717, 1.165) is 49.6 Å². The molecule has 0 bridgehead atoms. The third-order valence-corrected chi connectivity index (χ3v) is 6.30. The summed E-state index contributed by atoms with van der Waals surface area (Å²) < 4.78 is 11.9. The van der Waals surface area contributed by atoms with E-state index in [4.69, 9.17) is 20.8 Å². The minimum absolute atomic E-state index is 0.319. The Morgan fingerprint density at radius 2 is 1.60 bits per heavy atom. The Morgan fingerprint density at radius 1 is 0.886 bits per heavy atom. The van der Waals surface area contributed by atoms with E-state index in [-0.39, 0.29) is 0 Å². The van der Waals surface area contributed by atoms with Gasteiger partial charge in [0, 0.05) is 43.3 Å². The highest BCUT2D eigenvalue weighted by molar-refractivity contribution is 6.30. The zero-order chi connectivity index (χ0) is 24.0. The van der Waals surface area contributed by atoms with Gasteiger partial charge in [-0.25, -0.2) is 0 Å². The highest BCUT2D eigenvalue weighted by Gasteiger charge is 2.24. The number of nitrogens with zero attached hydrogens (tertiary/aromatic N) is 4. The topological polar surface area (TPSA) is 65.5 Å². The average Bonchev–Trinajstić information content (AvgIpc) is 3.34. The summed E-state index contributed by atoms with van der Waals surface area (Å²) >= 11 is 5.93. The van der Waals surface area contributed by atoms with Gasteiger partial charge >= 0.3 is 0 Å². The van der Waals surface area contributed by atoms with Crippen molar-refractivity contribution >= 4 is 17.5 Å². The summed E-state index contributed by atoms with van der Waals surface area (Å²) in [6, 6.07) is 27.8. The number of hydrogen-bond donors (Lipinski definition) is 0. The van der Waals surface area contributed by atoms with Gasteiger partial charge in [0.2, 0.25) is 17.5 Å². The molecule has 1 aliphatic heterocycles. The summed E-state index contributed by atoms with van der Waals surface area (Å²) in [4.78, 5) is 8.98. The summed E-state index contributed by atoms with van der Waals surface area (Å²) in [6.45, 7) is 4.74. The van der Waals surface area contributed by atoms with Gasteiger partial charge in [-0.3, -0.25) is 4.90 Å². The fraction of sp³-hybridized carbons (Fsp3) is 0.214. The zero-order valence-corrected chi connectivity index (χ0v) is 20.0. The number of ether oxygens (including phenoxy) is 1. The fourth-order valence-corrected chi connectivity index (χ4v) is 4.24. The van der Waals surface area contributed by atoms with E-state index in [1.54, 1.807) is 0 Å². The van der Waals surface area contributed by atoms with Crippen LogP contribution in [0.4, 0.5) is 5.88 Å². The van der Waals surface area contributed by atoms with Crippen molar-refractivity contribution in [2.24, 2.45) is 0 Å². The lowest BCUT2D eigenvalue weighted by molar-refractivity contribution is 0.246. The smallest absolute Gasteiger partial charge is 0.235 e. The molecule has 2 heterocycles. The standard InChI is InChI=1S/C28H25ClN4O2/c29-24-10-6-22(7-11-24)20-34-25-12-8-23(9-13-25)27-31-26(18-30)28(35-27)33-16-14-32(15-17-33)19-21-4-2-1-3-5-21/h1-13H,14-17,19-20H2. The lowest BCUT2D eigenvalue weighted by atomic mass is 10.2. The van der Waals surface area contributed by atoms with E-state index in [1.165, 1.54) is 5.56 Å². The van der Waals surface area contributed by atoms with Gasteiger partial charge in [0.1, 0.15) is 18.4 Å². The van der Waals surface area contributed by atoms with Gasteiger partial charge in [0.05, 0.1) is 0 Å². The van der Waals surface area contributed by atoms with Gasteiger partial charge < -0.3 is 14.1 Å². The number of anilines is 1. The van der Waals surface area contributed by atoms with Gasteiger partial charge in [-0.15, -0.1) is 0 Å². The Kier molecular flexibility index (Phi) is 6.99. The molecule has 3 aromatic carbocycles. The van der Waals surface area contributed by atoms with Crippen molar-refractivity contribution in [1.82, 2.24) is 9.88 Å². The Labute approximate surface area is 209 Å². The maximum atomic E-state index is 9.66. The normalized spacial score (nSPS) is 14.0. The summed E-state index contributed by atoms with van der Waals surface area (Å²) in [6.07, 6.45) is 0. The third kappa shape index (κ3) is 5.65. The molecule has 7 heteroatoms. The molecule has 5 rings (SSSR count). The highest BCUT2D eigenvalue weighted by Crippen LogP contribution is 2.30. The molecule has 0 spiro atoms. The lowest BCUT2D eigenvalue weighted by Crippen LogP contribution is -2.46. The quantitative estimate of drug-likeness (QED) is 0.332. The van der Waals surface area contributed by atoms with Gasteiger partial charge in [-0.1, -0.05) is 54.1 Å². The SMILES string of the molecule is N#Cc1nc(-c2ccc(OCc3ccc(Cl)cc3)cc2)oc1N1CCN(Cc2ccccc2)CC1. The molecule has 1 aliphatic rings. The van der Waals surface area contributed by atoms with E-state index in [0.29, 0.717) is 29.1 Å². The minimum atomic E-state index is 0.319. The number of piperazine rings is 1. The van der Waals surface area contributed by atoms with E-state index in [2.05, 4.69) is 45.1 Å². The second kappa shape index (κ2) is 10.6. The number of halogens is 1. The molecule has 0 radical (unpaired) electrons. The predicted octanol–water partition coefficient (Wildman–Crippen LogP) is 5.77. The second-order valence-corrected chi connectivity index (χ2v) is 8.91. The molecule has 6 nitrogen and oxygen atoms in total. The molecule has 1 fully saturated rings. The first kappa shape index (κ1) is 23.0. The molecule has 1 saturated heterocycles. The van der Waals surface area contributed by atoms with Gasteiger partial charge in [0.15, 0.2) is 0 Å². The van der Waals surface area contributed by atoms with Crippen LogP contribution < -0.4 is 9.64 Å². The molecule has 4 aromatic rings. The lowest BCUT2D eigenvalue weighted by Gasteiger charge is -2.34. The van der Waals surface area contributed by atoms with E-state index < -0.39 is 0 Å². The molecule has 1 aromatic heterocycles. The Morgan fingerprint density at radius 3 is 2.29 bits per heavy atom. The highest BCUT2D eigenvalue weighted by atomic mass is 35.5. The van der Waals surface area contributed by atoms with E-state index in [1.807, 2.05) is 54.6 Å². The average molecular weight is 485 g/mol. The zero-order valence-electron chi connectivity index (χ0n) is 19.2. The van der Waals surface area contributed by atoms with Gasteiger partial charge in [-0.2, -0.15) is 10.2 Å². The number of rotatable bonds is 7. The monoisotopic (exact) mass is 484 g/mol. The molecule has 35 heavy (non-hydrogen) atoms. The fourth-order valence-electron chi connectivity index (χ4n) is 4.11. The Balaban J connectivity index is 1.22. The maximum absolute atomic E-state index is 9.66. The molecule has 176 valence electrons. The number of oxazole rings is 1. The van der Waals surface area contributed by atoms with Crippen molar-refractivity contribution in [2.75, 3.05) is 31.1 Å². The largest absolute Gasteiger partial charge is 0.489 e. The van der Waals surface area contributed by atoms with Crippen LogP contribution in [0, 0.1) is 11.3 Å². The molecule has 0 atom stereocenters. The van der Waals surface area contributed by atoms with Crippen LogP contribution in [0.5, 0.6) is 5.75 Å². The summed E-state index contributed by atoms with van der Waals surface area (Å²) in [5.41, 5.74) is 3.47. The van der Waals surface area contributed by atoms with Crippen LogP contribution in [-0.4, -0.2) is 36.1 Å². The Hall–Kier alpha value is -3.79. The first-order valence-corrected chi connectivity index (χ1v) is 12.0. The van der Waals surface area contributed by atoms with Crippen molar-refractivity contribution in [1.29, 1.82) is 5.26 Å². The molecule has 0 unspecified atom stereocenters. The van der Waals surface area contributed by atoms with Crippen LogP contribution in [0.1, 0.15) is 16.8 Å². The Bertz CT molecular complexity index is 1290. The van der Waals surface area contributed by atoms with Gasteiger partial charge in [-0.05, 0) is 47.5 Å². The van der Waals surface area contributed by atoms with Crippen molar-refractivity contribution in [3.8, 4) is 23.3 Å². The first-order valence-electron chi connectivity index (χ1n) is 11.6. The molecular weight excluding hydrogens is 460 g/mol. The number of aromatic nitrogens is 1. The second-order valence-electron chi connectivity index (χ2n) is 8.47. The van der Waals surface area contributed by atoms with Crippen molar-refractivity contribution in [3.05, 3.63) is 101 Å². The minimum Gasteiger partial charge on any atom is -0.489 e. The van der Waals surface area contributed by atoms with E-state index >= 15 is 0 Å². The molecule has 0 N–H and O–H groups in total. The molecular formula is C28H25ClN4O2. The summed E-state index contributed by atoms with van der Waals surface area (Å²) in [5.74, 6) is 1.72. The van der Waals surface area contributed by atoms with E-state index in [9.17, 15) is 5.26 Å². The van der Waals surface area contributed by atoms with Crippen LogP contribution in [0.25, 0.3) is 11.5 Å². The number of nitriles is 1. The molecule has 0 aliphatic carbocycles. The third-order valence-electron chi connectivity index (χ3n) is 6.04. The van der Waals surface area contributed by atoms with Gasteiger partial charge in [0.25, 0.3) is 0 Å². The van der Waals surface area contributed by atoms with Crippen LogP contribution in [0.15, 0.2) is 83.3 Å². The van der Waals surface area contributed by atoms with Crippen LogP contribution in [0.2, 0.25) is 5.02 Å². The number of hydrogen-bond acceptors (Lipinski definition) is 6. The number of benzene rings is 3. The predicted molar refractivity (Wildman–Crippen MR) is 136 cm³/mol. The van der Waals surface area contributed by atoms with Crippen LogP contribution in [-0.2, 0) is 13.2 Å². The molecule has 0 saturated carbocycles. The van der Waals surface area contributed by atoms with Crippen LogP contribution >= 0.6 is 11.6 Å². The van der Waals surface area contributed by atoms with Crippen molar-refractivity contribution in [2.45, 2.75) is 13.2 Å². The first-order chi connectivity index (χ1) is 17.2. The van der Waals surface area contributed by atoms with Crippen LogP contribution in [0.3, 0.4) is 0 Å². The maximum Gasteiger partial charge on any atom is 0.235 e. The summed E-state index contributed by atoms with van der Waals surface area (Å²) in [7, 11) is 0.